The first-order valence-corrected chi connectivity index (χ1v) is 12.9. The Kier molecular flexibility index (Phi) is 9.77. The summed E-state index contributed by atoms with van der Waals surface area (Å²) in [6.07, 6.45) is -0.0485. The SMILES string of the molecule is COc1cccc(CC(=O)N2CCCC(N(NC(=O)OCc3ccccc3)C(=O)OCc3ccccc3)C2)c1. The molecule has 1 saturated heterocycles. The summed E-state index contributed by atoms with van der Waals surface area (Å²) < 4.78 is 16.1. The largest absolute Gasteiger partial charge is 0.497 e. The quantitative estimate of drug-likeness (QED) is 0.423. The van der Waals surface area contributed by atoms with Gasteiger partial charge in [0, 0.05) is 13.1 Å². The van der Waals surface area contributed by atoms with Gasteiger partial charge in [-0.1, -0.05) is 72.8 Å². The van der Waals surface area contributed by atoms with Gasteiger partial charge in [-0.15, -0.1) is 0 Å². The minimum atomic E-state index is -0.782. The molecule has 9 heteroatoms. The maximum atomic E-state index is 13.2. The molecule has 0 saturated carbocycles. The number of hydrogen-bond acceptors (Lipinski definition) is 6. The van der Waals surface area contributed by atoms with Gasteiger partial charge in [-0.25, -0.2) is 20.0 Å². The van der Waals surface area contributed by atoms with Crippen molar-refractivity contribution >= 4 is 18.1 Å². The van der Waals surface area contributed by atoms with Crippen LogP contribution in [0.1, 0.15) is 29.5 Å². The number of likely N-dealkylation sites (tertiary alicyclic amines) is 1. The highest BCUT2D eigenvalue weighted by molar-refractivity contribution is 5.79. The van der Waals surface area contributed by atoms with E-state index in [0.29, 0.717) is 25.1 Å². The maximum Gasteiger partial charge on any atom is 0.429 e. The van der Waals surface area contributed by atoms with Crippen LogP contribution in [0.4, 0.5) is 9.59 Å². The fraction of sp³-hybridized carbons (Fsp3) is 0.300. The van der Waals surface area contributed by atoms with Crippen LogP contribution >= 0.6 is 0 Å². The van der Waals surface area contributed by atoms with Crippen LogP contribution in [0.15, 0.2) is 84.9 Å². The van der Waals surface area contributed by atoms with Crippen LogP contribution in [0.5, 0.6) is 5.75 Å². The number of nitrogens with one attached hydrogen (secondary N) is 1. The fourth-order valence-corrected chi connectivity index (χ4v) is 4.39. The smallest absolute Gasteiger partial charge is 0.429 e. The molecule has 3 amide bonds. The summed E-state index contributed by atoms with van der Waals surface area (Å²) in [5.74, 6) is 0.611. The molecule has 1 heterocycles. The number of carbonyl (C=O) groups is 3. The summed E-state index contributed by atoms with van der Waals surface area (Å²) in [6, 6.07) is 25.4. The third-order valence-electron chi connectivity index (χ3n) is 6.43. The Balaban J connectivity index is 1.42. The summed E-state index contributed by atoms with van der Waals surface area (Å²) >= 11 is 0. The van der Waals surface area contributed by atoms with Crippen LogP contribution in [0.3, 0.4) is 0 Å². The van der Waals surface area contributed by atoms with Crippen molar-refractivity contribution in [2.75, 3.05) is 20.2 Å². The monoisotopic (exact) mass is 531 g/mol. The van der Waals surface area contributed by atoms with Crippen molar-refractivity contribution in [3.8, 4) is 5.75 Å². The van der Waals surface area contributed by atoms with E-state index in [2.05, 4.69) is 5.43 Å². The minimum Gasteiger partial charge on any atom is -0.497 e. The van der Waals surface area contributed by atoms with Crippen LogP contribution in [-0.4, -0.2) is 54.2 Å². The predicted molar refractivity (Wildman–Crippen MR) is 145 cm³/mol. The zero-order valence-electron chi connectivity index (χ0n) is 22.0. The molecule has 9 nitrogen and oxygen atoms in total. The van der Waals surface area contributed by atoms with Crippen molar-refractivity contribution in [1.29, 1.82) is 0 Å². The van der Waals surface area contributed by atoms with Gasteiger partial charge in [0.2, 0.25) is 5.91 Å². The molecule has 39 heavy (non-hydrogen) atoms. The topological polar surface area (TPSA) is 97.4 Å². The highest BCUT2D eigenvalue weighted by atomic mass is 16.6. The van der Waals surface area contributed by atoms with Gasteiger partial charge in [0.05, 0.1) is 19.6 Å². The number of methoxy groups -OCH3 is 1. The van der Waals surface area contributed by atoms with E-state index in [1.165, 1.54) is 0 Å². The van der Waals surface area contributed by atoms with E-state index in [0.717, 1.165) is 21.7 Å². The van der Waals surface area contributed by atoms with Crippen LogP contribution in [0.2, 0.25) is 0 Å². The predicted octanol–water partition coefficient (Wildman–Crippen LogP) is 4.71. The molecule has 0 bridgehead atoms. The molecule has 4 rings (SSSR count). The van der Waals surface area contributed by atoms with Gasteiger partial charge in [0.1, 0.15) is 19.0 Å². The van der Waals surface area contributed by atoms with Crippen molar-refractivity contribution in [1.82, 2.24) is 15.3 Å². The van der Waals surface area contributed by atoms with Crippen molar-refractivity contribution in [3.05, 3.63) is 102 Å². The van der Waals surface area contributed by atoms with Gasteiger partial charge >= 0.3 is 12.2 Å². The Morgan fingerprint density at radius 1 is 0.872 bits per heavy atom. The zero-order chi connectivity index (χ0) is 27.5. The normalized spacial score (nSPS) is 14.7. The zero-order valence-corrected chi connectivity index (χ0v) is 22.0. The van der Waals surface area contributed by atoms with Gasteiger partial charge < -0.3 is 19.1 Å². The molecule has 1 atom stereocenters. The Morgan fingerprint density at radius 2 is 1.51 bits per heavy atom. The first-order valence-electron chi connectivity index (χ1n) is 12.9. The number of rotatable bonds is 8. The molecule has 0 radical (unpaired) electrons. The summed E-state index contributed by atoms with van der Waals surface area (Å²) in [4.78, 5) is 40.7. The van der Waals surface area contributed by atoms with Gasteiger partial charge in [-0.05, 0) is 41.7 Å². The van der Waals surface area contributed by atoms with Gasteiger partial charge in [-0.3, -0.25) is 4.79 Å². The summed E-state index contributed by atoms with van der Waals surface area (Å²) in [7, 11) is 1.58. The van der Waals surface area contributed by atoms with E-state index in [1.807, 2.05) is 84.9 Å². The summed E-state index contributed by atoms with van der Waals surface area (Å²) in [5, 5.41) is 1.15. The number of hydrazine groups is 1. The molecule has 0 aromatic heterocycles. The molecule has 0 aliphatic carbocycles. The Hall–Kier alpha value is -4.53. The molecule has 1 aliphatic heterocycles. The molecule has 1 N–H and O–H groups in total. The van der Waals surface area contributed by atoms with E-state index in [-0.39, 0.29) is 32.1 Å². The van der Waals surface area contributed by atoms with Crippen LogP contribution in [-0.2, 0) is 33.9 Å². The average Bonchev–Trinajstić information content (AvgIpc) is 2.98. The second-order valence-electron chi connectivity index (χ2n) is 9.25. The van der Waals surface area contributed by atoms with Gasteiger partial charge in [-0.2, -0.15) is 0 Å². The van der Waals surface area contributed by atoms with E-state index in [4.69, 9.17) is 14.2 Å². The Morgan fingerprint density at radius 3 is 2.18 bits per heavy atom. The number of hydrogen-bond donors (Lipinski definition) is 1. The Bertz CT molecular complexity index is 1240. The number of ether oxygens (including phenoxy) is 3. The van der Waals surface area contributed by atoms with Gasteiger partial charge in [0.25, 0.3) is 0 Å². The molecular weight excluding hydrogens is 498 g/mol. The number of carbonyl (C=O) groups excluding carboxylic acids is 3. The van der Waals surface area contributed by atoms with E-state index >= 15 is 0 Å². The first-order chi connectivity index (χ1) is 19.0. The number of benzene rings is 3. The molecule has 3 aromatic carbocycles. The molecule has 0 spiro atoms. The minimum absolute atomic E-state index is 0.0438. The standard InChI is InChI=1S/C30H33N3O6/c1-37-27-16-8-14-25(18-27)19-28(34)32-17-9-15-26(20-32)33(30(36)39-22-24-12-6-3-7-13-24)31-29(35)38-21-23-10-4-2-5-11-23/h2-8,10-14,16,18,26H,9,15,17,19-22H2,1H3,(H,31,35). The Labute approximate surface area is 228 Å². The summed E-state index contributed by atoms with van der Waals surface area (Å²) in [5.41, 5.74) is 5.03. The summed E-state index contributed by atoms with van der Waals surface area (Å²) in [6.45, 7) is 0.907. The highest BCUT2D eigenvalue weighted by Crippen LogP contribution is 2.19. The third-order valence-corrected chi connectivity index (χ3v) is 6.43. The van der Waals surface area contributed by atoms with Crippen LogP contribution in [0, 0.1) is 0 Å². The van der Waals surface area contributed by atoms with E-state index in [1.54, 1.807) is 12.0 Å². The first kappa shape index (κ1) is 27.5. The third kappa shape index (κ3) is 8.23. The number of nitrogens with zero attached hydrogens (tertiary/aromatic N) is 2. The molecule has 3 aromatic rings. The second kappa shape index (κ2) is 13.9. The number of amides is 3. The lowest BCUT2D eigenvalue weighted by Crippen LogP contribution is -2.58. The van der Waals surface area contributed by atoms with Crippen molar-refractivity contribution < 1.29 is 28.6 Å². The second-order valence-corrected chi connectivity index (χ2v) is 9.25. The van der Waals surface area contributed by atoms with E-state index in [9.17, 15) is 14.4 Å². The molecule has 204 valence electrons. The molecular formula is C30H33N3O6. The maximum absolute atomic E-state index is 13.2. The fourth-order valence-electron chi connectivity index (χ4n) is 4.39. The lowest BCUT2D eigenvalue weighted by molar-refractivity contribution is -0.132. The van der Waals surface area contributed by atoms with Crippen LogP contribution < -0.4 is 10.2 Å². The molecule has 1 fully saturated rings. The average molecular weight is 532 g/mol. The number of piperidine rings is 1. The lowest BCUT2D eigenvalue weighted by atomic mass is 10.0. The van der Waals surface area contributed by atoms with Crippen molar-refractivity contribution in [3.63, 3.8) is 0 Å². The van der Waals surface area contributed by atoms with Crippen molar-refractivity contribution in [2.24, 2.45) is 0 Å². The molecule has 1 aliphatic rings. The lowest BCUT2D eigenvalue weighted by Gasteiger charge is -2.38. The molecule has 1 unspecified atom stereocenters. The van der Waals surface area contributed by atoms with Crippen LogP contribution in [0.25, 0.3) is 0 Å². The highest BCUT2D eigenvalue weighted by Gasteiger charge is 2.33. The van der Waals surface area contributed by atoms with E-state index < -0.39 is 18.2 Å². The van der Waals surface area contributed by atoms with Gasteiger partial charge in [0.15, 0.2) is 0 Å². The van der Waals surface area contributed by atoms with Crippen molar-refractivity contribution in [2.45, 2.75) is 38.5 Å².